The van der Waals surface area contributed by atoms with Crippen molar-refractivity contribution in [1.82, 2.24) is 4.90 Å². The van der Waals surface area contributed by atoms with Crippen molar-refractivity contribution < 1.29 is 28.8 Å². The average Bonchev–Trinajstić information content (AvgIpc) is 3.14. The van der Waals surface area contributed by atoms with E-state index in [1.807, 2.05) is 31.2 Å². The topological polar surface area (TPSA) is 116 Å². The van der Waals surface area contributed by atoms with Crippen LogP contribution >= 0.6 is 11.8 Å². The van der Waals surface area contributed by atoms with Gasteiger partial charge in [0.25, 0.3) is 16.8 Å². The normalized spacial score (nSPS) is 14.2. The zero-order chi connectivity index (χ0) is 26.5. The van der Waals surface area contributed by atoms with Gasteiger partial charge in [-0.15, -0.1) is 0 Å². The summed E-state index contributed by atoms with van der Waals surface area (Å²) in [5.41, 5.74) is 2.29. The van der Waals surface area contributed by atoms with E-state index >= 15 is 0 Å². The first-order valence-electron chi connectivity index (χ1n) is 11.3. The minimum absolute atomic E-state index is 0.0166. The summed E-state index contributed by atoms with van der Waals surface area (Å²) in [5.74, 6) is -0.818. The lowest BCUT2D eigenvalue weighted by atomic mass is 10.1. The van der Waals surface area contributed by atoms with Crippen molar-refractivity contribution in [1.29, 1.82) is 0 Å². The van der Waals surface area contributed by atoms with Crippen LogP contribution in [0.15, 0.2) is 71.6 Å². The number of ether oxygens (including phenoxy) is 2. The Bertz CT molecular complexity index is 1420. The number of nitro groups is 1. The van der Waals surface area contributed by atoms with Crippen LogP contribution in [0.1, 0.15) is 34.0 Å². The zero-order valence-corrected chi connectivity index (χ0v) is 20.8. The molecule has 0 radical (unpaired) electrons. The van der Waals surface area contributed by atoms with E-state index < -0.39 is 16.8 Å². The van der Waals surface area contributed by atoms with Gasteiger partial charge in [0.2, 0.25) is 0 Å². The van der Waals surface area contributed by atoms with E-state index in [9.17, 15) is 24.5 Å². The molecule has 3 aromatic rings. The first-order chi connectivity index (χ1) is 17.7. The predicted molar refractivity (Wildman–Crippen MR) is 138 cm³/mol. The lowest BCUT2D eigenvalue weighted by Gasteiger charge is -2.13. The predicted octanol–water partition coefficient (Wildman–Crippen LogP) is 5.76. The Labute approximate surface area is 216 Å². The van der Waals surface area contributed by atoms with Gasteiger partial charge in [0, 0.05) is 12.1 Å². The highest BCUT2D eigenvalue weighted by molar-refractivity contribution is 8.18. The number of hydrogen-bond acceptors (Lipinski definition) is 8. The largest absolute Gasteiger partial charge is 0.490 e. The second kappa shape index (κ2) is 11.1. The molecule has 37 heavy (non-hydrogen) atoms. The maximum Gasteiger partial charge on any atom is 0.343 e. The fourth-order valence-electron chi connectivity index (χ4n) is 3.54. The van der Waals surface area contributed by atoms with E-state index in [1.54, 1.807) is 25.1 Å². The molecule has 0 aromatic heterocycles. The number of rotatable bonds is 8. The van der Waals surface area contributed by atoms with Crippen molar-refractivity contribution in [2.24, 2.45) is 0 Å². The van der Waals surface area contributed by atoms with Crippen molar-refractivity contribution >= 4 is 40.6 Å². The number of nitro benzene ring substituents is 1. The molecule has 9 nitrogen and oxygen atoms in total. The number of amides is 2. The molecular formula is C27H22N2O7S. The van der Waals surface area contributed by atoms with Gasteiger partial charge >= 0.3 is 5.97 Å². The standard InChI is InChI=1S/C27H22N2O7S/c1-3-35-23-13-19(11-12-22(23)36-26(31)20-5-4-6-21(15-20)29(33)34)14-24-25(30)28(27(32)37-24)16-18-9-7-17(2)8-10-18/h4-15H,3,16H2,1-2H3/b24-14-. The van der Waals surface area contributed by atoms with Crippen LogP contribution in [0.2, 0.25) is 0 Å². The van der Waals surface area contributed by atoms with Crippen molar-refractivity contribution in [3.63, 3.8) is 0 Å². The number of carbonyl (C=O) groups is 3. The Morgan fingerprint density at radius 2 is 1.81 bits per heavy atom. The molecule has 1 saturated heterocycles. The van der Waals surface area contributed by atoms with Gasteiger partial charge < -0.3 is 9.47 Å². The zero-order valence-electron chi connectivity index (χ0n) is 20.0. The molecule has 3 aromatic carbocycles. The lowest BCUT2D eigenvalue weighted by molar-refractivity contribution is -0.384. The maximum atomic E-state index is 12.9. The first-order valence-corrected chi connectivity index (χ1v) is 12.1. The van der Waals surface area contributed by atoms with E-state index in [4.69, 9.17) is 9.47 Å². The summed E-state index contributed by atoms with van der Waals surface area (Å²) in [6.07, 6.45) is 1.58. The summed E-state index contributed by atoms with van der Waals surface area (Å²) in [7, 11) is 0. The highest BCUT2D eigenvalue weighted by Crippen LogP contribution is 2.35. The highest BCUT2D eigenvalue weighted by Gasteiger charge is 2.35. The third kappa shape index (κ3) is 6.04. The fourth-order valence-corrected chi connectivity index (χ4v) is 4.37. The van der Waals surface area contributed by atoms with Crippen molar-refractivity contribution in [3.05, 3.63) is 104 Å². The van der Waals surface area contributed by atoms with Crippen LogP contribution in [0.25, 0.3) is 6.08 Å². The summed E-state index contributed by atoms with van der Waals surface area (Å²) in [5, 5.41) is 10.6. The molecule has 4 rings (SSSR count). The number of nitrogens with zero attached hydrogens (tertiary/aromatic N) is 2. The third-order valence-electron chi connectivity index (χ3n) is 5.40. The SMILES string of the molecule is CCOc1cc(/C=C2\SC(=O)N(Cc3ccc(C)cc3)C2=O)ccc1OC(=O)c1cccc([N+](=O)[O-])c1. The molecule has 0 atom stereocenters. The minimum Gasteiger partial charge on any atom is -0.490 e. The summed E-state index contributed by atoms with van der Waals surface area (Å²) in [6.45, 7) is 4.18. The van der Waals surface area contributed by atoms with Crippen molar-refractivity contribution in [2.75, 3.05) is 6.61 Å². The van der Waals surface area contributed by atoms with Crippen LogP contribution in [-0.4, -0.2) is 33.5 Å². The van der Waals surface area contributed by atoms with Crippen LogP contribution in [0.3, 0.4) is 0 Å². The smallest absolute Gasteiger partial charge is 0.343 e. The second-order valence-electron chi connectivity index (χ2n) is 8.09. The molecule has 0 saturated carbocycles. The summed E-state index contributed by atoms with van der Waals surface area (Å²) in [4.78, 5) is 49.9. The first kappa shape index (κ1) is 25.6. The summed E-state index contributed by atoms with van der Waals surface area (Å²) in [6, 6.07) is 17.5. The number of non-ortho nitro benzene ring substituents is 1. The number of benzene rings is 3. The van der Waals surface area contributed by atoms with Crippen LogP contribution < -0.4 is 9.47 Å². The van der Waals surface area contributed by atoms with E-state index in [0.29, 0.717) is 5.56 Å². The van der Waals surface area contributed by atoms with E-state index in [-0.39, 0.29) is 46.0 Å². The highest BCUT2D eigenvalue weighted by atomic mass is 32.2. The number of hydrogen-bond donors (Lipinski definition) is 0. The van der Waals surface area contributed by atoms with E-state index in [1.165, 1.54) is 29.2 Å². The molecule has 188 valence electrons. The molecule has 10 heteroatoms. The Kier molecular flexibility index (Phi) is 7.69. The molecular weight excluding hydrogens is 496 g/mol. The van der Waals surface area contributed by atoms with E-state index in [2.05, 4.69) is 0 Å². The maximum absolute atomic E-state index is 12.9. The number of esters is 1. The van der Waals surface area contributed by atoms with Gasteiger partial charge in [-0.1, -0.05) is 42.0 Å². The van der Waals surface area contributed by atoms with Gasteiger partial charge in [-0.25, -0.2) is 4.79 Å². The minimum atomic E-state index is -0.783. The van der Waals surface area contributed by atoms with Crippen LogP contribution in [-0.2, 0) is 11.3 Å². The Morgan fingerprint density at radius 3 is 2.51 bits per heavy atom. The lowest BCUT2D eigenvalue weighted by Crippen LogP contribution is -2.27. The van der Waals surface area contributed by atoms with Gasteiger partial charge in [0.15, 0.2) is 11.5 Å². The average molecular weight is 519 g/mol. The van der Waals surface area contributed by atoms with Gasteiger partial charge in [-0.05, 0) is 61.0 Å². The summed E-state index contributed by atoms with van der Waals surface area (Å²) >= 11 is 0.851. The van der Waals surface area contributed by atoms with Gasteiger partial charge in [-0.2, -0.15) is 0 Å². The van der Waals surface area contributed by atoms with Gasteiger partial charge in [0.1, 0.15) is 0 Å². The molecule has 0 N–H and O–H groups in total. The third-order valence-corrected chi connectivity index (χ3v) is 6.30. The molecule has 1 fully saturated rings. The van der Waals surface area contributed by atoms with Gasteiger partial charge in [0.05, 0.1) is 28.5 Å². The quantitative estimate of drug-likeness (QED) is 0.122. The number of aryl methyl sites for hydroxylation is 1. The molecule has 1 heterocycles. The van der Waals surface area contributed by atoms with Gasteiger partial charge in [-0.3, -0.25) is 24.6 Å². The second-order valence-corrected chi connectivity index (χ2v) is 9.08. The monoisotopic (exact) mass is 518 g/mol. The molecule has 1 aliphatic heterocycles. The molecule has 2 amide bonds. The number of thioether (sulfide) groups is 1. The van der Waals surface area contributed by atoms with Crippen LogP contribution in [0, 0.1) is 17.0 Å². The van der Waals surface area contributed by atoms with Crippen LogP contribution in [0.4, 0.5) is 10.5 Å². The Morgan fingerprint density at radius 1 is 1.05 bits per heavy atom. The molecule has 0 unspecified atom stereocenters. The molecule has 1 aliphatic rings. The fraction of sp³-hybridized carbons (Fsp3) is 0.148. The Balaban J connectivity index is 1.53. The molecule has 0 aliphatic carbocycles. The summed E-state index contributed by atoms with van der Waals surface area (Å²) < 4.78 is 11.0. The molecule has 0 bridgehead atoms. The number of carbonyl (C=O) groups excluding carboxylic acids is 3. The molecule has 0 spiro atoms. The number of imide groups is 1. The van der Waals surface area contributed by atoms with Crippen LogP contribution in [0.5, 0.6) is 11.5 Å². The van der Waals surface area contributed by atoms with Crippen molar-refractivity contribution in [3.8, 4) is 11.5 Å². The Hall–Kier alpha value is -4.44. The van der Waals surface area contributed by atoms with Crippen molar-refractivity contribution in [2.45, 2.75) is 20.4 Å². The van der Waals surface area contributed by atoms with E-state index in [0.717, 1.165) is 29.0 Å².